The van der Waals surface area contributed by atoms with Crippen LogP contribution in [0.3, 0.4) is 0 Å². The second-order valence-corrected chi connectivity index (χ2v) is 24.3. The van der Waals surface area contributed by atoms with Crippen LogP contribution in [0.25, 0.3) is 83.7 Å². The molecule has 6 heteroatoms. The van der Waals surface area contributed by atoms with Crippen LogP contribution in [0.1, 0.15) is 129 Å². The molecule has 0 spiro atoms. The van der Waals surface area contributed by atoms with Gasteiger partial charge in [0.15, 0.2) is 0 Å². The maximum Gasteiger partial charge on any atom is 3.00 e. The number of aryl methyl sites for hydroxylation is 5. The largest absolute Gasteiger partial charge is 3.00 e. The molecule has 5 nitrogen and oxygen atoms in total. The van der Waals surface area contributed by atoms with Crippen molar-refractivity contribution in [3.05, 3.63) is 263 Å². The number of benzene rings is 8. The van der Waals surface area contributed by atoms with Crippen molar-refractivity contribution in [2.24, 2.45) is 5.41 Å². The number of imidazole rings is 1. The Hall–Kier alpha value is -8.02. The molecule has 0 N–H and O–H groups in total. The summed E-state index contributed by atoms with van der Waals surface area (Å²) in [5.41, 5.74) is 23.7. The van der Waals surface area contributed by atoms with E-state index >= 15 is 0 Å². The van der Waals surface area contributed by atoms with Gasteiger partial charge in [0.1, 0.15) is 5.58 Å². The smallest absolute Gasteiger partial charge is 0.501 e. The monoisotopic (exact) mass is 1270 g/mol. The first kappa shape index (κ1) is 57.8. The predicted molar refractivity (Wildman–Crippen MR) is 344 cm³/mol. The van der Waals surface area contributed by atoms with E-state index in [-0.39, 0.29) is 20.1 Å². The molecule has 0 aliphatic heterocycles. The SMILES string of the molecule is CC(C)c1cc(-c2ccccc2)cc(C(C)C)c1-n1c(-c2[c-]ccc3c2oc2ccccc23)nc2ccccc21.Cc1c[c-]c(-c2ccc(CCc3cc(CCc4c[c-]c(-c5ccccn5)cc4)cc(C4CCC(C)(C)CC4)c3)cn2)cc1.[Ir+3]. The number of rotatable bonds is 14. The van der Waals surface area contributed by atoms with Crippen LogP contribution in [0.15, 0.2) is 205 Å². The maximum absolute atomic E-state index is 6.47. The average molecular weight is 1270 g/mol. The molecule has 12 aromatic rings. The van der Waals surface area contributed by atoms with Gasteiger partial charge in [-0.05, 0) is 160 Å². The van der Waals surface area contributed by atoms with Gasteiger partial charge in [-0.3, -0.25) is 4.98 Å². The van der Waals surface area contributed by atoms with Gasteiger partial charge in [-0.2, -0.15) is 0 Å². The van der Waals surface area contributed by atoms with Crippen LogP contribution in [-0.4, -0.2) is 19.5 Å². The first-order chi connectivity index (χ1) is 40.4. The van der Waals surface area contributed by atoms with Crippen LogP contribution in [0.4, 0.5) is 0 Å². The van der Waals surface area contributed by atoms with Gasteiger partial charge in [-0.25, -0.2) is 0 Å². The zero-order chi connectivity index (χ0) is 57.0. The van der Waals surface area contributed by atoms with Gasteiger partial charge in [-0.15, -0.1) is 89.0 Å². The zero-order valence-electron chi connectivity index (χ0n) is 49.5. The summed E-state index contributed by atoms with van der Waals surface area (Å²) in [6, 6.07) is 77.1. The van der Waals surface area contributed by atoms with Crippen LogP contribution in [0.5, 0.6) is 0 Å². The third kappa shape index (κ3) is 12.7. The number of aromatic nitrogens is 4. The van der Waals surface area contributed by atoms with Crippen LogP contribution < -0.4 is 0 Å². The Morgan fingerprint density at radius 3 is 1.89 bits per heavy atom. The van der Waals surface area contributed by atoms with Crippen LogP contribution in [0.2, 0.25) is 0 Å². The molecule has 1 aliphatic rings. The molecule has 8 aromatic carbocycles. The Morgan fingerprint density at radius 1 is 0.583 bits per heavy atom. The minimum atomic E-state index is 0. The van der Waals surface area contributed by atoms with Gasteiger partial charge in [0.2, 0.25) is 0 Å². The molecule has 1 aliphatic carbocycles. The number of furan rings is 1. The molecule has 4 heterocycles. The predicted octanol–water partition coefficient (Wildman–Crippen LogP) is 20.3. The first-order valence-electron chi connectivity index (χ1n) is 29.9. The molecule has 0 unspecified atom stereocenters. The van der Waals surface area contributed by atoms with E-state index in [9.17, 15) is 0 Å². The summed E-state index contributed by atoms with van der Waals surface area (Å²) in [7, 11) is 0. The summed E-state index contributed by atoms with van der Waals surface area (Å²) < 4.78 is 8.83. The van der Waals surface area contributed by atoms with Crippen molar-refractivity contribution in [2.45, 2.75) is 118 Å². The minimum Gasteiger partial charge on any atom is -0.501 e. The van der Waals surface area contributed by atoms with Crippen molar-refractivity contribution >= 4 is 33.0 Å². The zero-order valence-corrected chi connectivity index (χ0v) is 51.9. The van der Waals surface area contributed by atoms with Gasteiger partial charge in [-0.1, -0.05) is 169 Å². The molecule has 4 aromatic heterocycles. The fourth-order valence-corrected chi connectivity index (χ4v) is 12.2. The van der Waals surface area contributed by atoms with Gasteiger partial charge >= 0.3 is 20.1 Å². The van der Waals surface area contributed by atoms with E-state index in [0.717, 1.165) is 92.6 Å². The van der Waals surface area contributed by atoms with E-state index in [1.54, 1.807) is 5.56 Å². The Kier molecular flexibility index (Phi) is 17.5. The van der Waals surface area contributed by atoms with Crippen molar-refractivity contribution in [3.63, 3.8) is 0 Å². The number of fused-ring (bicyclic) bond motifs is 4. The average Bonchev–Trinajstić information content (AvgIpc) is 2.41. The second kappa shape index (κ2) is 25.5. The van der Waals surface area contributed by atoms with E-state index in [4.69, 9.17) is 14.4 Å². The summed E-state index contributed by atoms with van der Waals surface area (Å²) in [5, 5.41) is 2.18. The Bertz CT molecular complexity index is 4140. The molecular formula is C78H73IrN4O. The second-order valence-electron chi connectivity index (χ2n) is 24.3. The quantitative estimate of drug-likeness (QED) is 0.102. The van der Waals surface area contributed by atoms with Crippen LogP contribution >= 0.6 is 0 Å². The molecular weight excluding hydrogens is 1200 g/mol. The summed E-state index contributed by atoms with van der Waals surface area (Å²) >= 11 is 0. The number of hydrogen-bond acceptors (Lipinski definition) is 4. The normalized spacial score (nSPS) is 13.3. The number of nitrogens with zero attached hydrogens (tertiary/aromatic N) is 4. The van der Waals surface area contributed by atoms with Crippen LogP contribution in [0, 0.1) is 30.5 Å². The van der Waals surface area contributed by atoms with E-state index in [1.807, 2.05) is 54.9 Å². The summed E-state index contributed by atoms with van der Waals surface area (Å²) in [6.07, 6.45) is 13.2. The third-order valence-corrected chi connectivity index (χ3v) is 17.0. The Morgan fingerprint density at radius 2 is 1.23 bits per heavy atom. The summed E-state index contributed by atoms with van der Waals surface area (Å²) in [5.74, 6) is 2.12. The molecule has 0 radical (unpaired) electrons. The molecule has 420 valence electrons. The molecule has 0 atom stereocenters. The van der Waals surface area contributed by atoms with E-state index in [0.29, 0.717) is 23.2 Å². The summed E-state index contributed by atoms with van der Waals surface area (Å²) in [6.45, 7) is 16.1. The molecule has 1 fully saturated rings. The Labute approximate surface area is 510 Å². The van der Waals surface area contributed by atoms with Crippen LogP contribution in [-0.2, 0) is 45.8 Å². The maximum atomic E-state index is 6.47. The Balaban J connectivity index is 0.000000174. The van der Waals surface area contributed by atoms with Gasteiger partial charge < -0.3 is 19.0 Å². The number of hydrogen-bond donors (Lipinski definition) is 0. The molecule has 0 bridgehead atoms. The van der Waals surface area contributed by atoms with Crippen molar-refractivity contribution in [3.8, 4) is 50.7 Å². The standard InChI is InChI=1S/C41H42N2.C37H31N2O.Ir/c1-30-7-16-36(17-8-30)40-20-15-32(29-43-40)10-12-34-26-33(27-38(28-34)35-21-23-41(2,3)24-22-35)11-9-31-13-18-37(19-14-31)39-6-4-5-25-42-39;1-23(2)30-21-26(25-13-6-5-7-14-25)22-31(24(3)4)35(30)39-33-19-10-9-18-32(33)38-37(39)29-17-12-16-28-27-15-8-11-20-34(27)40-36(28)29;/h4-8,13-16,18,20,25-29,35H,9-12,21-24H2,1-3H3;5-16,18-24H,1-4H3;/q-2;-1;+3. The van der Waals surface area contributed by atoms with Gasteiger partial charge in [0.05, 0.1) is 22.4 Å². The number of para-hydroxylation sites is 3. The van der Waals surface area contributed by atoms with E-state index in [2.05, 4.69) is 222 Å². The van der Waals surface area contributed by atoms with Crippen molar-refractivity contribution < 1.29 is 24.5 Å². The molecule has 13 rings (SSSR count). The van der Waals surface area contributed by atoms with Gasteiger partial charge in [0.25, 0.3) is 0 Å². The van der Waals surface area contributed by atoms with Gasteiger partial charge in [0, 0.05) is 23.5 Å². The minimum absolute atomic E-state index is 0. The van der Waals surface area contributed by atoms with Crippen molar-refractivity contribution in [1.82, 2.24) is 19.5 Å². The topological polar surface area (TPSA) is 56.7 Å². The van der Waals surface area contributed by atoms with Crippen molar-refractivity contribution in [1.29, 1.82) is 0 Å². The van der Waals surface area contributed by atoms with E-state index in [1.165, 1.54) is 81.4 Å². The molecule has 84 heavy (non-hydrogen) atoms. The van der Waals surface area contributed by atoms with E-state index < -0.39 is 0 Å². The third-order valence-electron chi connectivity index (χ3n) is 17.0. The first-order valence-corrected chi connectivity index (χ1v) is 29.9. The fourth-order valence-electron chi connectivity index (χ4n) is 12.2. The molecule has 1 saturated carbocycles. The fraction of sp³-hybridized carbons (Fsp3) is 0.244. The summed E-state index contributed by atoms with van der Waals surface area (Å²) in [4.78, 5) is 14.5. The van der Waals surface area contributed by atoms with Crippen molar-refractivity contribution in [2.75, 3.05) is 0 Å². The number of pyridine rings is 2. The molecule has 0 amide bonds. The molecule has 0 saturated heterocycles.